The first-order valence-electron chi connectivity index (χ1n) is 3.60. The Morgan fingerprint density at radius 2 is 2.09 bits per heavy atom. The molecule has 1 aliphatic carbocycles. The van der Waals surface area contributed by atoms with Crippen molar-refractivity contribution in [3.8, 4) is 0 Å². The topological polar surface area (TPSA) is 29.1 Å². The summed E-state index contributed by atoms with van der Waals surface area (Å²) in [6.07, 6.45) is 0.821. The van der Waals surface area contributed by atoms with Crippen LogP contribution in [0.15, 0.2) is 0 Å². The second-order valence-corrected chi connectivity index (χ2v) is 3.18. The summed E-state index contributed by atoms with van der Waals surface area (Å²) in [6.45, 7) is 2.52. The Labute approximate surface area is 64.0 Å². The molecule has 1 amide bonds. The van der Waals surface area contributed by atoms with E-state index >= 15 is 0 Å². The normalized spacial score (nSPS) is 29.8. The minimum absolute atomic E-state index is 0.0201. The van der Waals surface area contributed by atoms with E-state index in [2.05, 4.69) is 5.32 Å². The van der Waals surface area contributed by atoms with Crippen molar-refractivity contribution in [2.24, 2.45) is 5.92 Å². The lowest BCUT2D eigenvalue weighted by atomic mass is 10.3. The largest absolute Gasteiger partial charge is 0.348 e. The minimum atomic E-state index is -3.23. The third kappa shape index (κ3) is 2.13. The van der Waals surface area contributed by atoms with Crippen molar-refractivity contribution in [1.82, 2.24) is 5.32 Å². The molecule has 4 heteroatoms. The molecule has 0 aliphatic heterocycles. The zero-order valence-electron chi connectivity index (χ0n) is 6.53. The molecule has 1 aliphatic rings. The number of carbonyl (C=O) groups excluding carboxylic acids is 1. The van der Waals surface area contributed by atoms with Gasteiger partial charge in [0, 0.05) is 13.0 Å². The molecule has 0 aromatic heterocycles. The summed E-state index contributed by atoms with van der Waals surface area (Å²) in [6, 6.07) is -0.0201. The highest BCUT2D eigenvalue weighted by molar-refractivity contribution is 5.83. The molecule has 0 aromatic rings. The fourth-order valence-electron chi connectivity index (χ4n) is 0.818. The van der Waals surface area contributed by atoms with E-state index in [0.717, 1.165) is 6.42 Å². The van der Waals surface area contributed by atoms with E-state index in [0.29, 0.717) is 12.8 Å². The van der Waals surface area contributed by atoms with Gasteiger partial charge in [0.1, 0.15) is 0 Å². The van der Waals surface area contributed by atoms with E-state index < -0.39 is 11.8 Å². The van der Waals surface area contributed by atoms with Gasteiger partial charge in [-0.25, -0.2) is 0 Å². The number of hydrogen-bond donors (Lipinski definition) is 1. The SMILES string of the molecule is C[C@@H]1C[C@H]1NC(=O)C(C)(F)F. The highest BCUT2D eigenvalue weighted by Crippen LogP contribution is 2.29. The maximum atomic E-state index is 12.2. The predicted octanol–water partition coefficient (Wildman–Crippen LogP) is 1.17. The number of nitrogens with one attached hydrogen (secondary N) is 1. The number of halogens is 2. The van der Waals surface area contributed by atoms with Crippen molar-refractivity contribution in [2.45, 2.75) is 32.2 Å². The summed E-state index contributed by atoms with van der Waals surface area (Å²) in [5.74, 6) is -4.03. The van der Waals surface area contributed by atoms with E-state index in [9.17, 15) is 13.6 Å². The van der Waals surface area contributed by atoms with Gasteiger partial charge >= 0.3 is 5.92 Å². The average molecular weight is 163 g/mol. The maximum Gasteiger partial charge on any atom is 0.321 e. The summed E-state index contributed by atoms with van der Waals surface area (Å²) in [5, 5.41) is 2.25. The van der Waals surface area contributed by atoms with Crippen molar-refractivity contribution in [3.05, 3.63) is 0 Å². The van der Waals surface area contributed by atoms with Crippen LogP contribution in [0.4, 0.5) is 8.78 Å². The van der Waals surface area contributed by atoms with Gasteiger partial charge in [0.15, 0.2) is 0 Å². The Hall–Kier alpha value is -0.670. The van der Waals surface area contributed by atoms with Crippen molar-refractivity contribution in [1.29, 1.82) is 0 Å². The van der Waals surface area contributed by atoms with Crippen LogP contribution in [0.3, 0.4) is 0 Å². The summed E-state index contributed by atoms with van der Waals surface area (Å²) >= 11 is 0. The molecule has 0 saturated heterocycles. The number of alkyl halides is 2. The van der Waals surface area contributed by atoms with Gasteiger partial charge in [0.2, 0.25) is 0 Å². The molecule has 0 unspecified atom stereocenters. The first-order valence-corrected chi connectivity index (χ1v) is 3.60. The van der Waals surface area contributed by atoms with Gasteiger partial charge in [0.25, 0.3) is 5.91 Å². The van der Waals surface area contributed by atoms with E-state index in [4.69, 9.17) is 0 Å². The van der Waals surface area contributed by atoms with Gasteiger partial charge in [-0.1, -0.05) is 6.92 Å². The number of rotatable bonds is 2. The van der Waals surface area contributed by atoms with Crippen molar-refractivity contribution >= 4 is 5.91 Å². The Balaban J connectivity index is 2.33. The first kappa shape index (κ1) is 8.43. The van der Waals surface area contributed by atoms with Crippen molar-refractivity contribution in [2.75, 3.05) is 0 Å². The Morgan fingerprint density at radius 1 is 1.64 bits per heavy atom. The molecule has 1 fully saturated rings. The molecular weight excluding hydrogens is 152 g/mol. The van der Waals surface area contributed by atoms with E-state index in [-0.39, 0.29) is 6.04 Å². The molecule has 1 N–H and O–H groups in total. The molecule has 2 atom stereocenters. The van der Waals surface area contributed by atoms with Crippen LogP contribution < -0.4 is 5.32 Å². The minimum Gasteiger partial charge on any atom is -0.348 e. The first-order chi connectivity index (χ1) is 4.91. The molecule has 0 aromatic carbocycles. The fraction of sp³-hybridized carbons (Fsp3) is 0.857. The monoisotopic (exact) mass is 163 g/mol. The second kappa shape index (κ2) is 2.43. The van der Waals surface area contributed by atoms with Crippen LogP contribution in [0.1, 0.15) is 20.3 Å². The molecule has 1 saturated carbocycles. The predicted molar refractivity (Wildman–Crippen MR) is 36.3 cm³/mol. The van der Waals surface area contributed by atoms with Crippen LogP contribution in [-0.2, 0) is 4.79 Å². The molecule has 1 rings (SSSR count). The quantitative estimate of drug-likeness (QED) is 0.650. The Morgan fingerprint density at radius 3 is 2.36 bits per heavy atom. The van der Waals surface area contributed by atoms with Crippen molar-refractivity contribution < 1.29 is 13.6 Å². The van der Waals surface area contributed by atoms with Gasteiger partial charge in [-0.2, -0.15) is 8.78 Å². The van der Waals surface area contributed by atoms with Gasteiger partial charge in [-0.3, -0.25) is 4.79 Å². The summed E-state index contributed by atoms with van der Waals surface area (Å²) in [4.78, 5) is 10.6. The molecule has 0 spiro atoms. The number of hydrogen-bond acceptors (Lipinski definition) is 1. The van der Waals surface area contributed by atoms with Gasteiger partial charge < -0.3 is 5.32 Å². The highest BCUT2D eigenvalue weighted by atomic mass is 19.3. The van der Waals surface area contributed by atoms with Gasteiger partial charge in [0.05, 0.1) is 0 Å². The molecule has 0 bridgehead atoms. The fourth-order valence-corrected chi connectivity index (χ4v) is 0.818. The third-order valence-corrected chi connectivity index (χ3v) is 1.82. The Bertz CT molecular complexity index is 176. The third-order valence-electron chi connectivity index (χ3n) is 1.82. The molecule has 0 radical (unpaired) electrons. The lowest BCUT2D eigenvalue weighted by Crippen LogP contribution is -2.39. The zero-order valence-corrected chi connectivity index (χ0v) is 6.53. The second-order valence-electron chi connectivity index (χ2n) is 3.18. The van der Waals surface area contributed by atoms with Crippen LogP contribution in [-0.4, -0.2) is 17.9 Å². The van der Waals surface area contributed by atoms with E-state index in [1.165, 1.54) is 0 Å². The molecule has 0 heterocycles. The lowest BCUT2D eigenvalue weighted by molar-refractivity contribution is -0.143. The van der Waals surface area contributed by atoms with E-state index in [1.807, 2.05) is 6.92 Å². The molecule has 11 heavy (non-hydrogen) atoms. The number of carbonyl (C=O) groups is 1. The summed E-state index contributed by atoms with van der Waals surface area (Å²) in [5.41, 5.74) is 0. The van der Waals surface area contributed by atoms with Crippen LogP contribution >= 0.6 is 0 Å². The summed E-state index contributed by atoms with van der Waals surface area (Å²) in [7, 11) is 0. The van der Waals surface area contributed by atoms with Crippen LogP contribution in [0.2, 0.25) is 0 Å². The highest BCUT2D eigenvalue weighted by Gasteiger charge is 2.40. The smallest absolute Gasteiger partial charge is 0.321 e. The summed E-state index contributed by atoms with van der Waals surface area (Å²) < 4.78 is 24.4. The standard InChI is InChI=1S/C7H11F2NO/c1-4-3-5(4)10-6(11)7(2,8)9/h4-5H,3H2,1-2H3,(H,10,11)/t4-,5-/m1/s1. The van der Waals surface area contributed by atoms with Crippen molar-refractivity contribution in [3.63, 3.8) is 0 Å². The molecule has 2 nitrogen and oxygen atoms in total. The molecular formula is C7H11F2NO. The van der Waals surface area contributed by atoms with Gasteiger partial charge in [-0.05, 0) is 12.3 Å². The van der Waals surface area contributed by atoms with Crippen LogP contribution in [0.25, 0.3) is 0 Å². The molecule has 64 valence electrons. The van der Waals surface area contributed by atoms with Crippen LogP contribution in [0, 0.1) is 5.92 Å². The number of amides is 1. The zero-order chi connectivity index (χ0) is 8.65. The van der Waals surface area contributed by atoms with Gasteiger partial charge in [-0.15, -0.1) is 0 Å². The average Bonchev–Trinajstić information content (AvgIpc) is 2.44. The maximum absolute atomic E-state index is 12.2. The Kier molecular flexibility index (Phi) is 1.86. The lowest BCUT2D eigenvalue weighted by Gasteiger charge is -2.09. The van der Waals surface area contributed by atoms with E-state index in [1.54, 1.807) is 0 Å². The van der Waals surface area contributed by atoms with Crippen LogP contribution in [0.5, 0.6) is 0 Å².